The van der Waals surface area contributed by atoms with Gasteiger partial charge in [-0.15, -0.1) is 0 Å². The molecule has 0 amide bonds. The number of ether oxygens (including phenoxy) is 1. The monoisotopic (exact) mass is 354 g/mol. The molecule has 3 aromatic rings. The molecule has 2 aromatic heterocycles. The summed E-state index contributed by atoms with van der Waals surface area (Å²) < 4.78 is 6.09. The van der Waals surface area contributed by atoms with E-state index in [1.165, 1.54) is 32.1 Å². The zero-order valence-electron chi connectivity index (χ0n) is 14.7. The normalized spacial score (nSPS) is 15.3. The van der Waals surface area contributed by atoms with E-state index in [0.717, 1.165) is 16.8 Å². The van der Waals surface area contributed by atoms with E-state index >= 15 is 0 Å². The van der Waals surface area contributed by atoms with E-state index < -0.39 is 0 Å². The fraction of sp³-hybridized carbons (Fsp3) is 0.421. The number of rotatable bonds is 6. The molecule has 1 aliphatic carbocycles. The smallest absolute Gasteiger partial charge is 0.399 e. The summed E-state index contributed by atoms with van der Waals surface area (Å²) in [6, 6.07) is 7.57. The van der Waals surface area contributed by atoms with Crippen molar-refractivity contribution in [2.45, 2.75) is 38.7 Å². The number of hydrogen-bond donors (Lipinski definition) is 3. The van der Waals surface area contributed by atoms with Crippen molar-refractivity contribution in [3.63, 3.8) is 0 Å². The minimum Gasteiger partial charge on any atom is -0.466 e. The summed E-state index contributed by atoms with van der Waals surface area (Å²) in [5.74, 6) is 1.82. The molecule has 0 unspecified atom stereocenters. The van der Waals surface area contributed by atoms with Crippen LogP contribution in [0.15, 0.2) is 30.6 Å². The Kier molecular flexibility index (Phi) is 4.97. The molecule has 1 fully saturated rings. The number of imidazole rings is 1. The van der Waals surface area contributed by atoms with Gasteiger partial charge in [-0.1, -0.05) is 31.4 Å². The van der Waals surface area contributed by atoms with E-state index in [1.807, 2.05) is 24.3 Å². The van der Waals surface area contributed by atoms with E-state index in [-0.39, 0.29) is 6.61 Å². The molecule has 136 valence electrons. The highest BCUT2D eigenvalue weighted by Gasteiger charge is 2.20. The van der Waals surface area contributed by atoms with Crippen LogP contribution in [0.1, 0.15) is 37.7 Å². The molecule has 0 radical (unpaired) electrons. The highest BCUT2D eigenvalue weighted by molar-refractivity contribution is 5.75. The number of H-pyrrole nitrogens is 2. The maximum absolute atomic E-state index is 9.29. The largest absolute Gasteiger partial charge is 0.466 e. The van der Waals surface area contributed by atoms with Crippen LogP contribution in [-0.2, 0) is 6.61 Å². The predicted octanol–water partition coefficient (Wildman–Crippen LogP) is 2.97. The van der Waals surface area contributed by atoms with E-state index in [9.17, 15) is 5.11 Å². The first kappa shape index (κ1) is 16.8. The Morgan fingerprint density at radius 2 is 2.15 bits per heavy atom. The number of aromatic amines is 2. The number of nitrogens with zero attached hydrogens (tertiary/aromatic N) is 2. The van der Waals surface area contributed by atoms with Crippen molar-refractivity contribution in [3.05, 3.63) is 36.2 Å². The van der Waals surface area contributed by atoms with Gasteiger partial charge in [0, 0.05) is 0 Å². The number of benzene rings is 1. The van der Waals surface area contributed by atoms with Gasteiger partial charge in [0.2, 0.25) is 0 Å². The molecule has 7 heteroatoms. The summed E-state index contributed by atoms with van der Waals surface area (Å²) in [6.07, 6.45) is 8.01. The molecular formula is C19H24N5O2+. The molecule has 0 spiro atoms. The van der Waals surface area contributed by atoms with Gasteiger partial charge in [0.05, 0.1) is 25.2 Å². The van der Waals surface area contributed by atoms with Gasteiger partial charge in [0.1, 0.15) is 0 Å². The van der Waals surface area contributed by atoms with Crippen molar-refractivity contribution in [3.8, 4) is 5.88 Å². The zero-order valence-corrected chi connectivity index (χ0v) is 14.7. The fourth-order valence-electron chi connectivity index (χ4n) is 3.45. The first-order chi connectivity index (χ1) is 12.8. The highest BCUT2D eigenvalue weighted by atomic mass is 16.5. The van der Waals surface area contributed by atoms with Crippen molar-refractivity contribution in [1.29, 1.82) is 0 Å². The minimum atomic E-state index is 0.000807. The SMILES string of the molecule is OCc1cccc(Nc2nc3nc[nH]c3c(OCC3CCCCC3)[nH+]2)c1. The Morgan fingerprint density at radius 3 is 3.00 bits per heavy atom. The lowest BCUT2D eigenvalue weighted by molar-refractivity contribution is -0.380. The third-order valence-corrected chi connectivity index (χ3v) is 4.86. The average Bonchev–Trinajstić information content (AvgIpc) is 3.16. The molecule has 26 heavy (non-hydrogen) atoms. The lowest BCUT2D eigenvalue weighted by Crippen LogP contribution is -2.21. The highest BCUT2D eigenvalue weighted by Crippen LogP contribution is 2.25. The fourth-order valence-corrected chi connectivity index (χ4v) is 3.45. The summed E-state index contributed by atoms with van der Waals surface area (Å²) in [7, 11) is 0. The Balaban J connectivity index is 1.55. The van der Waals surface area contributed by atoms with Crippen LogP contribution >= 0.6 is 0 Å². The number of aliphatic hydroxyl groups is 1. The molecule has 0 aliphatic heterocycles. The standard InChI is InChI=1S/C19H23N5O2/c25-10-14-7-4-8-15(9-14)22-19-23-17-16(20-12-21-17)18(24-19)26-11-13-5-2-1-3-6-13/h4,7-9,12-13,25H,1-3,5-6,10-11H2,(H2,20,21,22,23,24)/p+1. The summed E-state index contributed by atoms with van der Waals surface area (Å²) in [5.41, 5.74) is 3.05. The third kappa shape index (κ3) is 3.77. The maximum atomic E-state index is 9.29. The summed E-state index contributed by atoms with van der Waals surface area (Å²) in [4.78, 5) is 15.1. The second kappa shape index (κ2) is 7.70. The average molecular weight is 354 g/mol. The van der Waals surface area contributed by atoms with Gasteiger partial charge in [-0.2, -0.15) is 0 Å². The Hall–Kier alpha value is -2.67. The van der Waals surface area contributed by atoms with Crippen LogP contribution in [0, 0.1) is 5.92 Å². The molecule has 2 heterocycles. The van der Waals surface area contributed by atoms with Crippen LogP contribution < -0.4 is 15.0 Å². The first-order valence-corrected chi connectivity index (χ1v) is 9.18. The summed E-state index contributed by atoms with van der Waals surface area (Å²) in [6.45, 7) is 0.703. The zero-order chi connectivity index (χ0) is 17.8. The molecular weight excluding hydrogens is 330 g/mol. The van der Waals surface area contributed by atoms with E-state index in [4.69, 9.17) is 4.74 Å². The molecule has 0 saturated heterocycles. The van der Waals surface area contributed by atoms with Crippen LogP contribution in [0.25, 0.3) is 11.2 Å². The Labute approximate surface area is 151 Å². The number of aromatic nitrogens is 4. The summed E-state index contributed by atoms with van der Waals surface area (Å²) >= 11 is 0. The number of aliphatic hydroxyl groups excluding tert-OH is 1. The Bertz CT molecular complexity index is 873. The van der Waals surface area contributed by atoms with Crippen molar-refractivity contribution >= 4 is 22.8 Å². The van der Waals surface area contributed by atoms with Crippen LogP contribution in [0.5, 0.6) is 5.88 Å². The van der Waals surface area contributed by atoms with Crippen molar-refractivity contribution in [2.24, 2.45) is 5.92 Å². The van der Waals surface area contributed by atoms with Gasteiger partial charge in [-0.05, 0) is 41.4 Å². The second-order valence-electron chi connectivity index (χ2n) is 6.81. The van der Waals surface area contributed by atoms with E-state index in [2.05, 4.69) is 25.3 Å². The van der Waals surface area contributed by atoms with Crippen LogP contribution in [0.3, 0.4) is 0 Å². The van der Waals surface area contributed by atoms with Crippen molar-refractivity contribution < 1.29 is 14.8 Å². The quantitative estimate of drug-likeness (QED) is 0.632. The van der Waals surface area contributed by atoms with Crippen molar-refractivity contribution in [1.82, 2.24) is 15.0 Å². The van der Waals surface area contributed by atoms with Crippen LogP contribution in [-0.4, -0.2) is 26.7 Å². The van der Waals surface area contributed by atoms with Gasteiger partial charge in [0.25, 0.3) is 11.5 Å². The molecule has 1 aromatic carbocycles. The lowest BCUT2D eigenvalue weighted by atomic mass is 9.90. The van der Waals surface area contributed by atoms with Gasteiger partial charge in [-0.3, -0.25) is 0 Å². The predicted molar refractivity (Wildman–Crippen MR) is 98.2 cm³/mol. The molecule has 1 saturated carbocycles. The molecule has 0 atom stereocenters. The van der Waals surface area contributed by atoms with Gasteiger partial charge in [0.15, 0.2) is 5.52 Å². The molecule has 4 rings (SSSR count). The van der Waals surface area contributed by atoms with Crippen LogP contribution in [0.4, 0.5) is 11.6 Å². The minimum absolute atomic E-state index is 0.000807. The molecule has 0 bridgehead atoms. The number of anilines is 2. The second-order valence-corrected chi connectivity index (χ2v) is 6.81. The molecule has 7 nitrogen and oxygen atoms in total. The number of fused-ring (bicyclic) bond motifs is 1. The van der Waals surface area contributed by atoms with E-state index in [0.29, 0.717) is 30.0 Å². The molecule has 1 aliphatic rings. The number of nitrogens with one attached hydrogen (secondary N) is 3. The first-order valence-electron chi connectivity index (χ1n) is 9.18. The van der Waals surface area contributed by atoms with Crippen molar-refractivity contribution in [2.75, 3.05) is 11.9 Å². The van der Waals surface area contributed by atoms with Crippen LogP contribution in [0.2, 0.25) is 0 Å². The maximum Gasteiger partial charge on any atom is 0.399 e. The topological polar surface area (TPSA) is 97.2 Å². The van der Waals surface area contributed by atoms with Gasteiger partial charge < -0.3 is 14.8 Å². The third-order valence-electron chi connectivity index (χ3n) is 4.86. The lowest BCUT2D eigenvalue weighted by Gasteiger charge is -2.21. The Morgan fingerprint density at radius 1 is 1.27 bits per heavy atom. The van der Waals surface area contributed by atoms with E-state index in [1.54, 1.807) is 6.33 Å². The van der Waals surface area contributed by atoms with Gasteiger partial charge in [-0.25, -0.2) is 15.3 Å². The number of hydrogen-bond acceptors (Lipinski definition) is 5. The summed E-state index contributed by atoms with van der Waals surface area (Å²) in [5, 5.41) is 12.5. The molecule has 4 N–H and O–H groups in total. The van der Waals surface area contributed by atoms with Gasteiger partial charge >= 0.3 is 5.95 Å².